The molecule has 1 unspecified atom stereocenters. The third-order valence-corrected chi connectivity index (χ3v) is 2.63. The van der Waals surface area contributed by atoms with Gasteiger partial charge in [-0.1, -0.05) is 19.1 Å². The molecule has 0 amide bonds. The van der Waals surface area contributed by atoms with E-state index in [4.69, 9.17) is 10.00 Å². The molecule has 3 heteroatoms. The largest absolute Gasteiger partial charge is 0.494 e. The molecular weight excluding hydrogens is 214 g/mol. The number of nitriles is 1. The number of hydrogen-bond acceptors (Lipinski definition) is 3. The van der Waals surface area contributed by atoms with Gasteiger partial charge in [0.05, 0.1) is 12.7 Å². The van der Waals surface area contributed by atoms with Crippen molar-refractivity contribution in [2.45, 2.75) is 26.7 Å². The lowest BCUT2D eigenvalue weighted by atomic mass is 9.93. The molecule has 0 fully saturated rings. The molecule has 1 atom stereocenters. The monoisotopic (exact) mass is 231 g/mol. The summed E-state index contributed by atoms with van der Waals surface area (Å²) in [7, 11) is 0. The fourth-order valence-corrected chi connectivity index (χ4v) is 1.67. The van der Waals surface area contributed by atoms with Crippen LogP contribution in [0.4, 0.5) is 0 Å². The highest BCUT2D eigenvalue weighted by Gasteiger charge is 2.18. The Morgan fingerprint density at radius 2 is 2.24 bits per heavy atom. The summed E-state index contributed by atoms with van der Waals surface area (Å²) in [5.41, 5.74) is 0.623. The van der Waals surface area contributed by atoms with Crippen LogP contribution in [0.5, 0.6) is 5.75 Å². The second kappa shape index (κ2) is 6.70. The topological polar surface area (TPSA) is 50.1 Å². The van der Waals surface area contributed by atoms with Crippen molar-refractivity contribution in [2.24, 2.45) is 5.92 Å². The maximum atomic E-state index is 12.1. The van der Waals surface area contributed by atoms with Crippen LogP contribution in [-0.4, -0.2) is 12.4 Å². The van der Waals surface area contributed by atoms with Gasteiger partial charge in [-0.05, 0) is 25.5 Å². The highest BCUT2D eigenvalue weighted by molar-refractivity contribution is 5.98. The van der Waals surface area contributed by atoms with Crippen molar-refractivity contribution in [3.63, 3.8) is 0 Å². The average Bonchev–Trinajstić information content (AvgIpc) is 2.36. The zero-order chi connectivity index (χ0) is 12.7. The Kier molecular flexibility index (Phi) is 5.22. The highest BCUT2D eigenvalue weighted by atomic mass is 16.5. The van der Waals surface area contributed by atoms with Gasteiger partial charge < -0.3 is 4.74 Å². The second-order valence-electron chi connectivity index (χ2n) is 3.79. The van der Waals surface area contributed by atoms with Crippen LogP contribution in [0.2, 0.25) is 0 Å². The molecule has 0 bridgehead atoms. The summed E-state index contributed by atoms with van der Waals surface area (Å²) in [5, 5.41) is 8.68. The van der Waals surface area contributed by atoms with Crippen molar-refractivity contribution in [3.05, 3.63) is 29.8 Å². The first-order valence-electron chi connectivity index (χ1n) is 5.86. The fourth-order valence-electron chi connectivity index (χ4n) is 1.67. The van der Waals surface area contributed by atoms with Crippen LogP contribution in [0.1, 0.15) is 37.0 Å². The van der Waals surface area contributed by atoms with E-state index in [0.717, 1.165) is 0 Å². The number of Topliss-reactive ketones (excluding diaryl/α,β-unsaturated/α-hetero) is 1. The van der Waals surface area contributed by atoms with Crippen molar-refractivity contribution >= 4 is 5.78 Å². The van der Waals surface area contributed by atoms with Crippen molar-refractivity contribution in [3.8, 4) is 11.8 Å². The second-order valence-corrected chi connectivity index (χ2v) is 3.79. The van der Waals surface area contributed by atoms with Crippen molar-refractivity contribution in [1.29, 1.82) is 5.26 Å². The average molecular weight is 231 g/mol. The van der Waals surface area contributed by atoms with Crippen molar-refractivity contribution < 1.29 is 9.53 Å². The predicted octanol–water partition coefficient (Wildman–Crippen LogP) is 3.21. The van der Waals surface area contributed by atoms with Crippen LogP contribution >= 0.6 is 0 Å². The summed E-state index contributed by atoms with van der Waals surface area (Å²) in [4.78, 5) is 12.1. The summed E-state index contributed by atoms with van der Waals surface area (Å²) >= 11 is 0. The maximum Gasteiger partial charge on any atom is 0.167 e. The van der Waals surface area contributed by atoms with E-state index in [-0.39, 0.29) is 18.1 Å². The van der Waals surface area contributed by atoms with Crippen LogP contribution < -0.4 is 4.74 Å². The standard InChI is InChI=1S/C14H17NO2/c1-3-11(8-9-15)14(16)12-6-5-7-13(10-12)17-4-2/h5-7,10-11H,3-4,8H2,1-2H3. The van der Waals surface area contributed by atoms with Crippen LogP contribution in [0.3, 0.4) is 0 Å². The Morgan fingerprint density at radius 1 is 1.47 bits per heavy atom. The molecule has 0 saturated heterocycles. The van der Waals surface area contributed by atoms with E-state index in [1.807, 2.05) is 19.9 Å². The zero-order valence-electron chi connectivity index (χ0n) is 10.3. The Hall–Kier alpha value is -1.82. The SMILES string of the molecule is CCOc1cccc(C(=O)C(CC)CC#N)c1. The molecule has 0 radical (unpaired) electrons. The molecule has 1 rings (SSSR count). The normalized spacial score (nSPS) is 11.6. The van der Waals surface area contributed by atoms with Gasteiger partial charge in [-0.3, -0.25) is 4.79 Å². The minimum absolute atomic E-state index is 0.0237. The third kappa shape index (κ3) is 3.60. The maximum absolute atomic E-state index is 12.1. The van der Waals surface area contributed by atoms with Crippen LogP contribution in [0, 0.1) is 17.2 Å². The van der Waals surface area contributed by atoms with Crippen LogP contribution in [-0.2, 0) is 0 Å². The molecule has 0 N–H and O–H groups in total. The van der Waals surface area contributed by atoms with Gasteiger partial charge in [0, 0.05) is 17.9 Å². The summed E-state index contributed by atoms with van der Waals surface area (Å²) < 4.78 is 5.35. The number of hydrogen-bond donors (Lipinski definition) is 0. The predicted molar refractivity (Wildman–Crippen MR) is 66.0 cm³/mol. The summed E-state index contributed by atoms with van der Waals surface area (Å²) in [5.74, 6) is 0.512. The van der Waals surface area contributed by atoms with Gasteiger partial charge in [0.2, 0.25) is 0 Å². The lowest BCUT2D eigenvalue weighted by molar-refractivity contribution is 0.0918. The van der Waals surface area contributed by atoms with E-state index in [2.05, 4.69) is 6.07 Å². The lowest BCUT2D eigenvalue weighted by Crippen LogP contribution is -2.13. The van der Waals surface area contributed by atoms with E-state index < -0.39 is 0 Å². The first kappa shape index (κ1) is 13.2. The number of rotatable bonds is 6. The van der Waals surface area contributed by atoms with Gasteiger partial charge in [-0.2, -0.15) is 5.26 Å². The molecule has 0 saturated carbocycles. The molecule has 1 aromatic rings. The third-order valence-electron chi connectivity index (χ3n) is 2.63. The lowest BCUT2D eigenvalue weighted by Gasteiger charge is -2.11. The minimum Gasteiger partial charge on any atom is -0.494 e. The first-order chi connectivity index (χ1) is 8.22. The van der Waals surface area contributed by atoms with Gasteiger partial charge in [0.15, 0.2) is 5.78 Å². The molecule has 0 heterocycles. The van der Waals surface area contributed by atoms with Gasteiger partial charge in [0.1, 0.15) is 5.75 Å². The Labute approximate surface area is 102 Å². The van der Waals surface area contributed by atoms with Gasteiger partial charge in [-0.15, -0.1) is 0 Å². The molecule has 0 aliphatic rings. The van der Waals surface area contributed by atoms with Crippen LogP contribution in [0.15, 0.2) is 24.3 Å². The van der Waals surface area contributed by atoms with Crippen molar-refractivity contribution in [2.75, 3.05) is 6.61 Å². The Morgan fingerprint density at radius 3 is 2.82 bits per heavy atom. The molecule has 0 aromatic heterocycles. The quantitative estimate of drug-likeness (QED) is 0.706. The van der Waals surface area contributed by atoms with Crippen molar-refractivity contribution in [1.82, 2.24) is 0 Å². The summed E-state index contributed by atoms with van der Waals surface area (Å²) in [6, 6.07) is 9.20. The van der Waals surface area contributed by atoms with Crippen LogP contribution in [0.25, 0.3) is 0 Å². The van der Waals surface area contributed by atoms with E-state index in [9.17, 15) is 4.79 Å². The number of benzene rings is 1. The van der Waals surface area contributed by atoms with E-state index in [0.29, 0.717) is 24.3 Å². The van der Waals surface area contributed by atoms with E-state index >= 15 is 0 Å². The number of nitrogens with zero attached hydrogens (tertiary/aromatic N) is 1. The Balaban J connectivity index is 2.87. The molecule has 3 nitrogen and oxygen atoms in total. The molecule has 17 heavy (non-hydrogen) atoms. The van der Waals surface area contributed by atoms with E-state index in [1.54, 1.807) is 18.2 Å². The van der Waals surface area contributed by atoms with Gasteiger partial charge >= 0.3 is 0 Å². The smallest absolute Gasteiger partial charge is 0.167 e. The molecule has 90 valence electrons. The van der Waals surface area contributed by atoms with Gasteiger partial charge in [-0.25, -0.2) is 0 Å². The minimum atomic E-state index is -0.211. The van der Waals surface area contributed by atoms with Gasteiger partial charge in [0.25, 0.3) is 0 Å². The first-order valence-corrected chi connectivity index (χ1v) is 5.86. The fraction of sp³-hybridized carbons (Fsp3) is 0.429. The zero-order valence-corrected chi connectivity index (χ0v) is 10.3. The molecule has 0 spiro atoms. The summed E-state index contributed by atoms with van der Waals surface area (Å²) in [6.45, 7) is 4.40. The number of carbonyl (C=O) groups is 1. The number of carbonyl (C=O) groups excluding carboxylic acids is 1. The molecule has 0 aliphatic heterocycles. The molecule has 1 aromatic carbocycles. The number of ether oxygens (including phenoxy) is 1. The highest BCUT2D eigenvalue weighted by Crippen LogP contribution is 2.19. The molecule has 0 aliphatic carbocycles. The van der Waals surface area contributed by atoms with E-state index in [1.165, 1.54) is 0 Å². The Bertz CT molecular complexity index is 420. The number of ketones is 1. The molecular formula is C14H17NO2. The summed E-state index contributed by atoms with van der Waals surface area (Å²) in [6.07, 6.45) is 0.958.